The van der Waals surface area contributed by atoms with Crippen LogP contribution in [0.2, 0.25) is 0 Å². The van der Waals surface area contributed by atoms with Crippen molar-refractivity contribution in [2.45, 2.75) is 12.5 Å². The quantitative estimate of drug-likeness (QED) is 0.365. The Morgan fingerprint density at radius 1 is 0.821 bits per heavy atom. The third-order valence-electron chi connectivity index (χ3n) is 6.63. The van der Waals surface area contributed by atoms with Gasteiger partial charge in [-0.15, -0.1) is 5.10 Å². The van der Waals surface area contributed by atoms with E-state index in [2.05, 4.69) is 27.8 Å². The number of hydrogen-bond acceptors (Lipinski definition) is 8. The van der Waals surface area contributed by atoms with E-state index in [4.69, 9.17) is 9.57 Å². The van der Waals surface area contributed by atoms with Gasteiger partial charge in [0, 0.05) is 12.5 Å². The van der Waals surface area contributed by atoms with Crippen molar-refractivity contribution in [3.05, 3.63) is 107 Å². The minimum Gasteiger partial charge on any atom is -0.449 e. The highest BCUT2D eigenvalue weighted by Crippen LogP contribution is 2.44. The zero-order chi connectivity index (χ0) is 26.9. The van der Waals surface area contributed by atoms with Crippen LogP contribution in [0.5, 0.6) is 0 Å². The van der Waals surface area contributed by atoms with Crippen LogP contribution in [-0.4, -0.2) is 57.1 Å². The van der Waals surface area contributed by atoms with Gasteiger partial charge < -0.3 is 14.9 Å². The number of amides is 3. The fraction of sp³-hybridized carbons (Fsp3) is 0.143. The molecule has 0 unspecified atom stereocenters. The SMILES string of the molecule is O=C(NCCn1cc(C(=O)ON2C(=O)c3ccccc3C2=O)nn1)OCC1c2ccccc2-c2ccccc21. The molecule has 0 bridgehead atoms. The molecule has 11 heteroatoms. The van der Waals surface area contributed by atoms with E-state index in [1.165, 1.54) is 23.0 Å². The lowest BCUT2D eigenvalue weighted by atomic mass is 9.98. The lowest BCUT2D eigenvalue weighted by Crippen LogP contribution is -2.32. The molecular weight excluding hydrogens is 502 g/mol. The summed E-state index contributed by atoms with van der Waals surface area (Å²) in [7, 11) is 0. The van der Waals surface area contributed by atoms with E-state index >= 15 is 0 Å². The summed E-state index contributed by atoms with van der Waals surface area (Å²) in [5, 5.41) is 10.6. The number of hydrogen-bond donors (Lipinski definition) is 1. The van der Waals surface area contributed by atoms with Gasteiger partial charge in [0.2, 0.25) is 0 Å². The number of ether oxygens (including phenoxy) is 1. The largest absolute Gasteiger partial charge is 0.449 e. The molecule has 0 fully saturated rings. The summed E-state index contributed by atoms with van der Waals surface area (Å²) in [6.07, 6.45) is 0.710. The summed E-state index contributed by atoms with van der Waals surface area (Å²) in [5.41, 5.74) is 4.63. The molecule has 1 aliphatic heterocycles. The molecule has 2 heterocycles. The highest BCUT2D eigenvalue weighted by Gasteiger charge is 2.39. The number of nitrogens with one attached hydrogen (secondary N) is 1. The summed E-state index contributed by atoms with van der Waals surface area (Å²) in [4.78, 5) is 54.5. The number of hydroxylamine groups is 2. The van der Waals surface area contributed by atoms with Crippen LogP contribution in [0.25, 0.3) is 11.1 Å². The van der Waals surface area contributed by atoms with E-state index in [9.17, 15) is 19.2 Å². The average molecular weight is 524 g/mol. The number of carbonyl (C=O) groups excluding carboxylic acids is 4. The third kappa shape index (κ3) is 4.39. The van der Waals surface area contributed by atoms with Crippen molar-refractivity contribution in [3.63, 3.8) is 0 Å². The van der Waals surface area contributed by atoms with Gasteiger partial charge in [-0.2, -0.15) is 0 Å². The first-order valence-electron chi connectivity index (χ1n) is 12.2. The molecule has 2 aliphatic rings. The van der Waals surface area contributed by atoms with Gasteiger partial charge in [0.05, 0.1) is 23.9 Å². The van der Waals surface area contributed by atoms with Crippen LogP contribution in [-0.2, 0) is 16.1 Å². The maximum Gasteiger partial charge on any atom is 0.407 e. The van der Waals surface area contributed by atoms with Crippen LogP contribution in [0.15, 0.2) is 79.0 Å². The molecule has 0 spiro atoms. The van der Waals surface area contributed by atoms with Crippen molar-refractivity contribution >= 4 is 23.9 Å². The van der Waals surface area contributed by atoms with Gasteiger partial charge in [0.1, 0.15) is 6.61 Å². The number of imide groups is 1. The van der Waals surface area contributed by atoms with E-state index in [-0.39, 0.29) is 42.4 Å². The van der Waals surface area contributed by atoms with Gasteiger partial charge >= 0.3 is 12.1 Å². The summed E-state index contributed by atoms with van der Waals surface area (Å²) in [6, 6.07) is 22.3. The first-order chi connectivity index (χ1) is 19.0. The van der Waals surface area contributed by atoms with E-state index in [0.29, 0.717) is 5.06 Å². The third-order valence-corrected chi connectivity index (χ3v) is 6.63. The summed E-state index contributed by atoms with van der Waals surface area (Å²) in [5.74, 6) is -2.53. The lowest BCUT2D eigenvalue weighted by molar-refractivity contribution is -0.0588. The Kier molecular flexibility index (Phi) is 6.08. The smallest absolute Gasteiger partial charge is 0.407 e. The highest BCUT2D eigenvalue weighted by molar-refractivity contribution is 6.21. The molecule has 1 aromatic heterocycles. The first kappa shape index (κ1) is 24.0. The molecule has 1 aliphatic carbocycles. The number of aromatic nitrogens is 3. The van der Waals surface area contributed by atoms with Gasteiger partial charge in [-0.1, -0.05) is 70.9 Å². The van der Waals surface area contributed by atoms with E-state index in [0.717, 1.165) is 22.3 Å². The van der Waals surface area contributed by atoms with Gasteiger partial charge in [-0.3, -0.25) is 9.59 Å². The maximum atomic E-state index is 12.5. The average Bonchev–Trinajstić information content (AvgIpc) is 3.63. The Bertz CT molecular complexity index is 1550. The van der Waals surface area contributed by atoms with Crippen molar-refractivity contribution < 1.29 is 28.8 Å². The molecule has 11 nitrogen and oxygen atoms in total. The second kappa shape index (κ2) is 9.86. The van der Waals surface area contributed by atoms with E-state index in [1.54, 1.807) is 12.1 Å². The molecule has 0 atom stereocenters. The van der Waals surface area contributed by atoms with Crippen LogP contribution in [0.3, 0.4) is 0 Å². The van der Waals surface area contributed by atoms with Gasteiger partial charge in [0.25, 0.3) is 11.8 Å². The lowest BCUT2D eigenvalue weighted by Gasteiger charge is -2.14. The minimum absolute atomic E-state index is 0.0470. The Balaban J connectivity index is 0.995. The van der Waals surface area contributed by atoms with Crippen LogP contribution in [0.1, 0.15) is 48.2 Å². The zero-order valence-corrected chi connectivity index (χ0v) is 20.4. The number of fused-ring (bicyclic) bond motifs is 4. The number of nitrogens with zero attached hydrogens (tertiary/aromatic N) is 4. The van der Waals surface area contributed by atoms with Crippen molar-refractivity contribution in [3.8, 4) is 11.1 Å². The number of benzene rings is 3. The van der Waals surface area contributed by atoms with Gasteiger partial charge in [0.15, 0.2) is 5.69 Å². The number of carbonyl (C=O) groups is 4. The fourth-order valence-electron chi connectivity index (χ4n) is 4.80. The molecule has 0 saturated heterocycles. The highest BCUT2D eigenvalue weighted by atomic mass is 16.7. The second-order valence-electron chi connectivity index (χ2n) is 8.95. The zero-order valence-electron chi connectivity index (χ0n) is 20.4. The molecule has 39 heavy (non-hydrogen) atoms. The van der Waals surface area contributed by atoms with Crippen LogP contribution >= 0.6 is 0 Å². The normalized spacial score (nSPS) is 13.6. The van der Waals surface area contributed by atoms with Crippen LogP contribution in [0.4, 0.5) is 4.79 Å². The topological polar surface area (TPSA) is 133 Å². The standard InChI is InChI=1S/C28H21N5O6/c34-25-21-11-5-6-12-22(21)26(35)33(25)39-27(36)24-15-32(31-30-24)14-13-29-28(37)38-16-23-19-9-3-1-7-17(19)18-8-2-4-10-20(18)23/h1-12,15,23H,13-14,16H2,(H,29,37). The monoisotopic (exact) mass is 523 g/mol. The molecular formula is C28H21N5O6. The minimum atomic E-state index is -1.01. The molecule has 3 aromatic carbocycles. The molecule has 194 valence electrons. The van der Waals surface area contributed by atoms with Crippen LogP contribution in [0, 0.1) is 0 Å². The molecule has 1 N–H and O–H groups in total. The van der Waals surface area contributed by atoms with Gasteiger partial charge in [-0.25, -0.2) is 14.3 Å². The fourth-order valence-corrected chi connectivity index (χ4v) is 4.80. The van der Waals surface area contributed by atoms with E-state index < -0.39 is 23.9 Å². The maximum absolute atomic E-state index is 12.5. The Morgan fingerprint density at radius 3 is 2.00 bits per heavy atom. The Hall–Kier alpha value is -5.32. The molecule has 0 radical (unpaired) electrons. The second-order valence-corrected chi connectivity index (χ2v) is 8.95. The van der Waals surface area contributed by atoms with Gasteiger partial charge in [-0.05, 0) is 34.4 Å². The van der Waals surface area contributed by atoms with Crippen molar-refractivity contribution in [2.75, 3.05) is 13.2 Å². The Labute approximate surface area is 221 Å². The van der Waals surface area contributed by atoms with E-state index in [1.807, 2.05) is 36.4 Å². The number of rotatable bonds is 7. The Morgan fingerprint density at radius 2 is 1.38 bits per heavy atom. The molecule has 3 amide bonds. The first-order valence-corrected chi connectivity index (χ1v) is 12.2. The number of alkyl carbamates (subject to hydrolysis) is 1. The van der Waals surface area contributed by atoms with Crippen molar-refractivity contribution in [2.24, 2.45) is 0 Å². The van der Waals surface area contributed by atoms with Crippen LogP contribution < -0.4 is 5.32 Å². The summed E-state index contributed by atoms with van der Waals surface area (Å²) in [6.45, 7) is 0.543. The predicted molar refractivity (Wildman–Crippen MR) is 135 cm³/mol. The molecule has 6 rings (SSSR count). The molecule has 0 saturated carbocycles. The van der Waals surface area contributed by atoms with Crippen molar-refractivity contribution in [1.29, 1.82) is 0 Å². The molecule has 4 aromatic rings. The predicted octanol–water partition coefficient (Wildman–Crippen LogP) is 3.18. The van der Waals surface area contributed by atoms with Crippen molar-refractivity contribution in [1.82, 2.24) is 25.4 Å². The summed E-state index contributed by atoms with van der Waals surface area (Å²) < 4.78 is 6.83. The summed E-state index contributed by atoms with van der Waals surface area (Å²) >= 11 is 0.